The number of ketones is 2. The van der Waals surface area contributed by atoms with E-state index in [0.717, 1.165) is 0 Å². The predicted molar refractivity (Wildman–Crippen MR) is 105 cm³/mol. The highest BCUT2D eigenvalue weighted by Crippen LogP contribution is 2.24. The second kappa shape index (κ2) is 7.29. The summed E-state index contributed by atoms with van der Waals surface area (Å²) in [5, 5.41) is 0.827. The normalized spacial score (nSPS) is 11.1. The van der Waals surface area contributed by atoms with Crippen molar-refractivity contribution in [3.8, 4) is 0 Å². The van der Waals surface area contributed by atoms with Crippen LogP contribution < -0.4 is 5.56 Å². The Balaban J connectivity index is 2.05. The number of carbonyl (C=O) groups is 2. The lowest BCUT2D eigenvalue weighted by atomic mass is 10.0. The maximum Gasteiger partial charge on any atom is 0.261 e. The molecule has 6 nitrogen and oxygen atoms in total. The summed E-state index contributed by atoms with van der Waals surface area (Å²) in [7, 11) is 0. The standard InChI is InChI=1S/C19H17Cl2N3O3/c1-4-12-16(10(3)25)9(2)23-18(12)15(26)7-24-8-22-17-13(19(24)27)5-11(20)6-14(17)21/h5-6,8,23H,4,7H2,1-3H3. The van der Waals surface area contributed by atoms with Crippen LogP contribution in [0.2, 0.25) is 10.0 Å². The van der Waals surface area contributed by atoms with E-state index in [-0.39, 0.29) is 28.5 Å². The van der Waals surface area contributed by atoms with Crippen LogP contribution >= 0.6 is 23.2 Å². The van der Waals surface area contributed by atoms with Crippen molar-refractivity contribution in [1.29, 1.82) is 0 Å². The maximum absolute atomic E-state index is 12.8. The van der Waals surface area contributed by atoms with Gasteiger partial charge in [0, 0.05) is 16.3 Å². The molecule has 2 heterocycles. The van der Waals surface area contributed by atoms with E-state index in [9.17, 15) is 14.4 Å². The summed E-state index contributed by atoms with van der Waals surface area (Å²) in [4.78, 5) is 44.6. The molecular formula is C19H17Cl2N3O3. The first kappa shape index (κ1) is 19.3. The Kier molecular flexibility index (Phi) is 5.22. The Morgan fingerprint density at radius 3 is 2.59 bits per heavy atom. The highest BCUT2D eigenvalue weighted by atomic mass is 35.5. The van der Waals surface area contributed by atoms with Crippen LogP contribution in [-0.4, -0.2) is 26.1 Å². The third-order valence-electron chi connectivity index (χ3n) is 4.44. The number of aromatic nitrogens is 3. The van der Waals surface area contributed by atoms with Gasteiger partial charge in [-0.25, -0.2) is 4.98 Å². The van der Waals surface area contributed by atoms with Crippen molar-refractivity contribution < 1.29 is 9.59 Å². The number of carbonyl (C=O) groups excluding carboxylic acids is 2. The molecule has 140 valence electrons. The highest BCUT2D eigenvalue weighted by molar-refractivity contribution is 6.38. The zero-order valence-electron chi connectivity index (χ0n) is 15.0. The molecule has 0 fully saturated rings. The molecule has 0 amide bonds. The van der Waals surface area contributed by atoms with E-state index in [2.05, 4.69) is 9.97 Å². The fraction of sp³-hybridized carbons (Fsp3) is 0.263. The van der Waals surface area contributed by atoms with E-state index < -0.39 is 5.56 Å². The van der Waals surface area contributed by atoms with Crippen LogP contribution in [0, 0.1) is 6.92 Å². The van der Waals surface area contributed by atoms with Crippen molar-refractivity contribution in [3.05, 3.63) is 61.4 Å². The minimum absolute atomic E-state index is 0.103. The van der Waals surface area contributed by atoms with Gasteiger partial charge in [0.05, 0.1) is 34.5 Å². The van der Waals surface area contributed by atoms with Crippen LogP contribution in [0.3, 0.4) is 0 Å². The van der Waals surface area contributed by atoms with Crippen molar-refractivity contribution >= 4 is 45.7 Å². The number of aromatic amines is 1. The lowest BCUT2D eigenvalue weighted by molar-refractivity contribution is 0.0965. The minimum atomic E-state index is -0.411. The van der Waals surface area contributed by atoms with Crippen LogP contribution in [0.25, 0.3) is 10.9 Å². The number of nitrogens with zero attached hydrogens (tertiary/aromatic N) is 2. The van der Waals surface area contributed by atoms with Gasteiger partial charge in [-0.05, 0) is 38.0 Å². The summed E-state index contributed by atoms with van der Waals surface area (Å²) in [5.41, 5.74) is 2.10. The number of H-pyrrole nitrogens is 1. The summed E-state index contributed by atoms with van der Waals surface area (Å²) in [6, 6.07) is 2.98. The van der Waals surface area contributed by atoms with Gasteiger partial charge in [0.15, 0.2) is 11.6 Å². The number of hydrogen-bond donors (Lipinski definition) is 1. The molecule has 0 aliphatic rings. The molecule has 1 aromatic carbocycles. The van der Waals surface area contributed by atoms with Crippen LogP contribution in [0.5, 0.6) is 0 Å². The zero-order valence-corrected chi connectivity index (χ0v) is 16.5. The zero-order chi connectivity index (χ0) is 19.9. The Bertz CT molecular complexity index is 1150. The molecule has 8 heteroatoms. The SMILES string of the molecule is CCc1c(C(=O)Cn2cnc3c(Cl)cc(Cl)cc3c2=O)[nH]c(C)c1C(C)=O. The smallest absolute Gasteiger partial charge is 0.261 e. The second-order valence-corrected chi connectivity index (χ2v) is 7.12. The summed E-state index contributed by atoms with van der Waals surface area (Å²) >= 11 is 12.1. The first-order chi connectivity index (χ1) is 12.7. The molecule has 0 saturated carbocycles. The molecule has 3 aromatic rings. The Morgan fingerprint density at radius 1 is 1.26 bits per heavy atom. The van der Waals surface area contributed by atoms with Gasteiger partial charge in [0.2, 0.25) is 0 Å². The van der Waals surface area contributed by atoms with Gasteiger partial charge in [-0.3, -0.25) is 19.0 Å². The number of aryl methyl sites for hydroxylation is 1. The van der Waals surface area contributed by atoms with E-state index >= 15 is 0 Å². The Hall–Kier alpha value is -2.44. The van der Waals surface area contributed by atoms with Crippen LogP contribution in [0.1, 0.15) is 46.0 Å². The number of rotatable bonds is 5. The Morgan fingerprint density at radius 2 is 1.96 bits per heavy atom. The first-order valence-corrected chi connectivity index (χ1v) is 9.10. The molecule has 3 rings (SSSR count). The van der Waals surface area contributed by atoms with Crippen LogP contribution in [0.15, 0.2) is 23.3 Å². The maximum atomic E-state index is 12.8. The lowest BCUT2D eigenvalue weighted by Crippen LogP contribution is -2.25. The molecule has 27 heavy (non-hydrogen) atoms. The van der Waals surface area contributed by atoms with Crippen LogP contribution in [0.4, 0.5) is 0 Å². The first-order valence-electron chi connectivity index (χ1n) is 8.34. The molecule has 0 aliphatic carbocycles. The van der Waals surface area contributed by atoms with Crippen molar-refractivity contribution in [3.63, 3.8) is 0 Å². The number of halogens is 2. The molecule has 0 atom stereocenters. The molecule has 0 spiro atoms. The molecule has 0 saturated heterocycles. The average molecular weight is 406 g/mol. The number of nitrogens with one attached hydrogen (secondary N) is 1. The Labute approximate surface area is 165 Å². The number of benzene rings is 1. The van der Waals surface area contributed by atoms with E-state index in [1.165, 1.54) is 30.0 Å². The third-order valence-corrected chi connectivity index (χ3v) is 4.94. The lowest BCUT2D eigenvalue weighted by Gasteiger charge is -2.08. The van der Waals surface area contributed by atoms with Gasteiger partial charge in [-0.1, -0.05) is 30.1 Å². The summed E-state index contributed by atoms with van der Waals surface area (Å²) in [5.74, 6) is -0.410. The number of fused-ring (bicyclic) bond motifs is 1. The van der Waals surface area contributed by atoms with Gasteiger partial charge < -0.3 is 4.98 Å². The van der Waals surface area contributed by atoms with Crippen molar-refractivity contribution in [2.45, 2.75) is 33.7 Å². The van der Waals surface area contributed by atoms with Gasteiger partial charge in [0.25, 0.3) is 5.56 Å². The quantitative estimate of drug-likeness (QED) is 0.650. The number of Topliss-reactive ketones (excluding diaryl/α,β-unsaturated/α-hetero) is 2. The van der Waals surface area contributed by atoms with E-state index in [1.54, 1.807) is 6.92 Å². The fourth-order valence-electron chi connectivity index (χ4n) is 3.29. The van der Waals surface area contributed by atoms with Gasteiger partial charge >= 0.3 is 0 Å². The third kappa shape index (κ3) is 3.42. The number of hydrogen-bond acceptors (Lipinski definition) is 4. The highest BCUT2D eigenvalue weighted by Gasteiger charge is 2.22. The molecule has 0 unspecified atom stereocenters. The van der Waals surface area contributed by atoms with E-state index in [4.69, 9.17) is 23.2 Å². The second-order valence-electron chi connectivity index (χ2n) is 6.27. The average Bonchev–Trinajstić information content (AvgIpc) is 2.94. The molecule has 1 N–H and O–H groups in total. The molecule has 0 bridgehead atoms. The predicted octanol–water partition coefficient (Wildman–Crippen LogP) is 3.99. The van der Waals surface area contributed by atoms with Crippen molar-refractivity contribution in [2.24, 2.45) is 0 Å². The van der Waals surface area contributed by atoms with Crippen molar-refractivity contribution in [1.82, 2.24) is 14.5 Å². The summed E-state index contributed by atoms with van der Waals surface area (Å²) in [6.07, 6.45) is 1.81. The van der Waals surface area contributed by atoms with E-state index in [0.29, 0.717) is 39.5 Å². The van der Waals surface area contributed by atoms with Gasteiger partial charge in [-0.2, -0.15) is 0 Å². The molecule has 0 aliphatic heterocycles. The van der Waals surface area contributed by atoms with E-state index in [1.807, 2.05) is 6.92 Å². The van der Waals surface area contributed by atoms with Gasteiger partial charge in [0.1, 0.15) is 0 Å². The summed E-state index contributed by atoms with van der Waals surface area (Å²) < 4.78 is 1.21. The minimum Gasteiger partial charge on any atom is -0.355 e. The topological polar surface area (TPSA) is 84.8 Å². The van der Waals surface area contributed by atoms with Gasteiger partial charge in [-0.15, -0.1) is 0 Å². The molecule has 0 radical (unpaired) electrons. The largest absolute Gasteiger partial charge is 0.355 e. The summed E-state index contributed by atoms with van der Waals surface area (Å²) in [6.45, 7) is 4.88. The van der Waals surface area contributed by atoms with Crippen molar-refractivity contribution in [2.75, 3.05) is 0 Å². The molecular weight excluding hydrogens is 389 g/mol. The van der Waals surface area contributed by atoms with Crippen LogP contribution in [-0.2, 0) is 13.0 Å². The fourth-order valence-corrected chi connectivity index (χ4v) is 3.83. The monoisotopic (exact) mass is 405 g/mol. The molecule has 2 aromatic heterocycles.